The number of amides is 2. The molecule has 0 bridgehead atoms. The molecule has 0 radical (unpaired) electrons. The fourth-order valence-electron chi connectivity index (χ4n) is 3.32. The molecule has 2 N–H and O–H groups in total. The van der Waals surface area contributed by atoms with E-state index in [-0.39, 0.29) is 30.8 Å². The highest BCUT2D eigenvalue weighted by Gasteiger charge is 2.15. The predicted octanol–water partition coefficient (Wildman–Crippen LogP) is 3.27. The van der Waals surface area contributed by atoms with Gasteiger partial charge in [0, 0.05) is 42.4 Å². The van der Waals surface area contributed by atoms with Gasteiger partial charge in [-0.05, 0) is 30.7 Å². The van der Waals surface area contributed by atoms with Crippen LogP contribution in [0.5, 0.6) is 0 Å². The molecule has 0 unspecified atom stereocenters. The van der Waals surface area contributed by atoms with Gasteiger partial charge in [0.2, 0.25) is 11.8 Å². The Bertz CT molecular complexity index is 1120. The largest absolute Gasteiger partial charge is 0.459 e. The van der Waals surface area contributed by atoms with Crippen LogP contribution >= 0.6 is 12.4 Å². The summed E-state index contributed by atoms with van der Waals surface area (Å²) in [5, 5.41) is 6.86. The first-order chi connectivity index (χ1) is 14.0. The number of aryl methyl sites for hydroxylation is 1. The van der Waals surface area contributed by atoms with Crippen molar-refractivity contribution in [3.63, 3.8) is 0 Å². The van der Waals surface area contributed by atoms with Crippen LogP contribution in [0.2, 0.25) is 0 Å². The van der Waals surface area contributed by atoms with E-state index in [1.165, 1.54) is 6.08 Å². The van der Waals surface area contributed by atoms with E-state index in [0.717, 1.165) is 33.4 Å². The average molecular weight is 427 g/mol. The lowest BCUT2D eigenvalue weighted by Gasteiger charge is -2.14. The number of anilines is 1. The third kappa shape index (κ3) is 4.53. The lowest BCUT2D eigenvalue weighted by atomic mass is 10.1. The van der Waals surface area contributed by atoms with Gasteiger partial charge >= 0.3 is 0 Å². The second-order valence-electron chi connectivity index (χ2n) is 7.10. The van der Waals surface area contributed by atoms with Crippen molar-refractivity contribution in [2.45, 2.75) is 20.0 Å². The van der Waals surface area contributed by atoms with Gasteiger partial charge in [-0.3, -0.25) is 9.59 Å². The van der Waals surface area contributed by atoms with Crippen LogP contribution in [0.1, 0.15) is 22.5 Å². The molecule has 4 rings (SSSR count). The summed E-state index contributed by atoms with van der Waals surface area (Å²) in [6.07, 6.45) is 4.88. The average Bonchev–Trinajstić information content (AvgIpc) is 2.90. The fourth-order valence-corrected chi connectivity index (χ4v) is 3.32. The number of rotatable bonds is 4. The Morgan fingerprint density at radius 2 is 2.10 bits per heavy atom. The van der Waals surface area contributed by atoms with Crippen LogP contribution in [0, 0.1) is 6.92 Å². The summed E-state index contributed by atoms with van der Waals surface area (Å²) in [4.78, 5) is 30.0. The van der Waals surface area contributed by atoms with Gasteiger partial charge in [0.1, 0.15) is 17.2 Å². The van der Waals surface area contributed by atoms with Crippen LogP contribution < -0.4 is 10.6 Å². The molecule has 0 saturated heterocycles. The highest BCUT2D eigenvalue weighted by Crippen LogP contribution is 2.25. The lowest BCUT2D eigenvalue weighted by Crippen LogP contribution is -2.24. The van der Waals surface area contributed by atoms with E-state index in [9.17, 15) is 9.59 Å². The first-order valence-corrected chi connectivity index (χ1v) is 9.41. The maximum Gasteiger partial charge on any atom is 0.246 e. The summed E-state index contributed by atoms with van der Waals surface area (Å²) in [5.74, 6) is 1.09. The molecule has 0 fully saturated rings. The summed E-state index contributed by atoms with van der Waals surface area (Å²) in [5.41, 5.74) is 3.56. The zero-order chi connectivity index (χ0) is 20.4. The van der Waals surface area contributed by atoms with Gasteiger partial charge in [0.15, 0.2) is 0 Å². The van der Waals surface area contributed by atoms with Crippen molar-refractivity contribution >= 4 is 47.1 Å². The number of halogens is 1. The van der Waals surface area contributed by atoms with Gasteiger partial charge in [-0.2, -0.15) is 0 Å². The Morgan fingerprint density at radius 1 is 1.30 bits per heavy atom. The predicted molar refractivity (Wildman–Crippen MR) is 118 cm³/mol. The van der Waals surface area contributed by atoms with Gasteiger partial charge in [0.05, 0.1) is 13.1 Å². The van der Waals surface area contributed by atoms with Crippen LogP contribution in [0.3, 0.4) is 0 Å². The molecular weight excluding hydrogens is 404 g/mol. The van der Waals surface area contributed by atoms with Crippen molar-refractivity contribution in [1.82, 2.24) is 15.2 Å². The number of benzene rings is 1. The Labute approximate surface area is 180 Å². The Morgan fingerprint density at radius 3 is 2.90 bits per heavy atom. The van der Waals surface area contributed by atoms with E-state index >= 15 is 0 Å². The molecule has 2 amide bonds. The van der Waals surface area contributed by atoms with Crippen LogP contribution in [-0.2, 0) is 22.7 Å². The zero-order valence-corrected chi connectivity index (χ0v) is 17.6. The number of para-hydroxylation sites is 1. The number of nitrogens with one attached hydrogen (secondary N) is 2. The normalized spacial score (nSPS) is 13.5. The van der Waals surface area contributed by atoms with Crippen molar-refractivity contribution in [2.75, 3.05) is 18.9 Å². The maximum absolute atomic E-state index is 12.5. The molecule has 0 spiro atoms. The lowest BCUT2D eigenvalue weighted by molar-refractivity contribution is -0.125. The Hall–Kier alpha value is -3.16. The number of nitrogens with zero attached hydrogens (tertiary/aromatic N) is 2. The highest BCUT2D eigenvalue weighted by molar-refractivity contribution is 5.93. The van der Waals surface area contributed by atoms with Crippen molar-refractivity contribution in [3.05, 3.63) is 65.1 Å². The third-order valence-electron chi connectivity index (χ3n) is 4.96. The van der Waals surface area contributed by atoms with Crippen LogP contribution in [0.25, 0.3) is 17.0 Å². The minimum Gasteiger partial charge on any atom is -0.459 e. The molecule has 3 heterocycles. The van der Waals surface area contributed by atoms with Crippen molar-refractivity contribution < 1.29 is 14.0 Å². The van der Waals surface area contributed by atoms with Crippen LogP contribution in [0.15, 0.2) is 47.0 Å². The molecule has 0 atom stereocenters. The fraction of sp³-hybridized carbons (Fsp3) is 0.227. The summed E-state index contributed by atoms with van der Waals surface area (Å²) < 4.78 is 5.90. The minimum atomic E-state index is -0.133. The SMILES string of the molecule is Cc1c(CN(C)C(=O)/C=C/c2cnc3c(c2)CNCC(=O)N3)oc2ccccc12.Cl. The number of fused-ring (bicyclic) bond motifs is 2. The number of aromatic nitrogens is 1. The van der Waals surface area contributed by atoms with Gasteiger partial charge < -0.3 is 20.0 Å². The number of carbonyl (C=O) groups is 2. The monoisotopic (exact) mass is 426 g/mol. The summed E-state index contributed by atoms with van der Waals surface area (Å²) in [7, 11) is 1.74. The van der Waals surface area contributed by atoms with E-state index in [2.05, 4.69) is 15.6 Å². The minimum absolute atomic E-state index is 0. The highest BCUT2D eigenvalue weighted by atomic mass is 35.5. The van der Waals surface area contributed by atoms with Crippen LogP contribution in [0.4, 0.5) is 5.82 Å². The first kappa shape index (κ1) is 21.5. The second kappa shape index (κ2) is 9.11. The standard InChI is InChI=1S/C22H22N4O3.ClH/c1-14-17-5-3-4-6-18(17)29-19(14)13-26(2)21(28)8-7-15-9-16-11-23-12-20(27)25-22(16)24-10-15;/h3-10,23H,11-13H2,1-2H3,(H,24,25,27);1H/b8-7+;. The number of furan rings is 1. The number of likely N-dealkylation sites (N-methyl/N-ethyl adjacent to an activating group) is 1. The molecule has 8 heteroatoms. The van der Waals surface area contributed by atoms with E-state index in [4.69, 9.17) is 4.42 Å². The van der Waals surface area contributed by atoms with E-state index < -0.39 is 0 Å². The van der Waals surface area contributed by atoms with E-state index in [1.54, 1.807) is 24.2 Å². The smallest absolute Gasteiger partial charge is 0.246 e. The molecule has 3 aromatic rings. The third-order valence-corrected chi connectivity index (χ3v) is 4.96. The molecule has 0 saturated carbocycles. The van der Waals surface area contributed by atoms with E-state index in [0.29, 0.717) is 18.9 Å². The maximum atomic E-state index is 12.5. The molecule has 1 aliphatic heterocycles. The van der Waals surface area contributed by atoms with Crippen molar-refractivity contribution in [1.29, 1.82) is 0 Å². The summed E-state index contributed by atoms with van der Waals surface area (Å²) >= 11 is 0. The van der Waals surface area contributed by atoms with Gasteiger partial charge in [-0.15, -0.1) is 12.4 Å². The molecule has 1 aromatic carbocycles. The molecular formula is C22H23ClN4O3. The van der Waals surface area contributed by atoms with Gasteiger partial charge in [-0.25, -0.2) is 4.98 Å². The number of hydrogen-bond donors (Lipinski definition) is 2. The molecule has 0 aliphatic carbocycles. The van der Waals surface area contributed by atoms with Crippen molar-refractivity contribution in [2.24, 2.45) is 0 Å². The van der Waals surface area contributed by atoms with Crippen LogP contribution in [-0.4, -0.2) is 35.3 Å². The first-order valence-electron chi connectivity index (χ1n) is 9.41. The molecule has 156 valence electrons. The Kier molecular flexibility index (Phi) is 6.54. The Balaban J connectivity index is 0.00000256. The van der Waals surface area contributed by atoms with Crippen molar-refractivity contribution in [3.8, 4) is 0 Å². The number of carbonyl (C=O) groups excluding carboxylic acids is 2. The number of pyridine rings is 1. The summed E-state index contributed by atoms with van der Waals surface area (Å²) in [6, 6.07) is 9.76. The van der Waals surface area contributed by atoms with Gasteiger partial charge in [0.25, 0.3) is 0 Å². The summed E-state index contributed by atoms with van der Waals surface area (Å²) in [6.45, 7) is 3.19. The molecule has 30 heavy (non-hydrogen) atoms. The van der Waals surface area contributed by atoms with E-state index in [1.807, 2.05) is 37.3 Å². The number of hydrogen-bond acceptors (Lipinski definition) is 5. The zero-order valence-electron chi connectivity index (χ0n) is 16.8. The second-order valence-corrected chi connectivity index (χ2v) is 7.10. The molecule has 7 nitrogen and oxygen atoms in total. The quantitative estimate of drug-likeness (QED) is 0.625. The molecule has 1 aliphatic rings. The molecule has 2 aromatic heterocycles. The topological polar surface area (TPSA) is 87.5 Å². The van der Waals surface area contributed by atoms with Gasteiger partial charge in [-0.1, -0.05) is 18.2 Å².